The van der Waals surface area contributed by atoms with Crippen molar-refractivity contribution >= 4 is 5.78 Å². The molecule has 1 aromatic rings. The van der Waals surface area contributed by atoms with Gasteiger partial charge in [0.15, 0.2) is 17.3 Å². The molecule has 0 N–H and O–H groups in total. The Morgan fingerprint density at radius 3 is 2.40 bits per heavy atom. The minimum Gasteiger partial charge on any atom is -0.490 e. The Morgan fingerprint density at radius 1 is 1.20 bits per heavy atom. The highest BCUT2D eigenvalue weighted by molar-refractivity contribution is 6.00. The van der Waals surface area contributed by atoms with Gasteiger partial charge in [0.2, 0.25) is 0 Å². The number of benzene rings is 1. The van der Waals surface area contributed by atoms with Gasteiger partial charge in [0.05, 0.1) is 13.2 Å². The molecule has 1 fully saturated rings. The van der Waals surface area contributed by atoms with Crippen LogP contribution in [0.25, 0.3) is 0 Å². The molecule has 0 radical (unpaired) electrons. The molecule has 1 aromatic carbocycles. The molecule has 0 amide bonds. The second-order valence-electron chi connectivity index (χ2n) is 4.89. The summed E-state index contributed by atoms with van der Waals surface area (Å²) in [6.07, 6.45) is 1.81. The van der Waals surface area contributed by atoms with Crippen molar-refractivity contribution in [2.75, 3.05) is 20.3 Å². The quantitative estimate of drug-likeness (QED) is 0.685. The predicted molar refractivity (Wildman–Crippen MR) is 76.6 cm³/mol. The van der Waals surface area contributed by atoms with Crippen LogP contribution in [0.15, 0.2) is 18.2 Å². The molecule has 2 rings (SSSR count). The highest BCUT2D eigenvalue weighted by Crippen LogP contribution is 2.36. The van der Waals surface area contributed by atoms with E-state index in [2.05, 4.69) is 0 Å². The lowest BCUT2D eigenvalue weighted by atomic mass is 10.0. The average Bonchev–Trinajstić information content (AvgIpc) is 3.26. The summed E-state index contributed by atoms with van der Waals surface area (Å²) in [5.74, 6) is 1.69. The molecule has 0 saturated heterocycles. The molecule has 1 saturated carbocycles. The van der Waals surface area contributed by atoms with Crippen molar-refractivity contribution in [3.05, 3.63) is 23.8 Å². The number of hydrogen-bond donors (Lipinski definition) is 0. The fourth-order valence-electron chi connectivity index (χ4n) is 2.28. The minimum atomic E-state index is -0.331. The summed E-state index contributed by atoms with van der Waals surface area (Å²) < 4.78 is 16.4. The van der Waals surface area contributed by atoms with Crippen molar-refractivity contribution in [3.8, 4) is 11.5 Å². The standard InChI is InChI=1S/C16H22O4/c1-4-19-13-9-8-12(10-14(13)20-5-2)15(17)16(18-3)11-6-7-11/h8-11,16H,4-7H2,1-3H3. The number of methoxy groups -OCH3 is 1. The predicted octanol–water partition coefficient (Wildman–Crippen LogP) is 3.09. The van der Waals surface area contributed by atoms with Crippen LogP contribution in [0.5, 0.6) is 11.5 Å². The van der Waals surface area contributed by atoms with E-state index in [0.717, 1.165) is 12.8 Å². The van der Waals surface area contributed by atoms with E-state index in [1.807, 2.05) is 13.8 Å². The van der Waals surface area contributed by atoms with E-state index < -0.39 is 0 Å². The van der Waals surface area contributed by atoms with Crippen LogP contribution >= 0.6 is 0 Å². The molecule has 0 heterocycles. The Hall–Kier alpha value is -1.55. The van der Waals surface area contributed by atoms with Crippen molar-refractivity contribution < 1.29 is 19.0 Å². The van der Waals surface area contributed by atoms with Crippen LogP contribution in [-0.4, -0.2) is 32.2 Å². The van der Waals surface area contributed by atoms with Gasteiger partial charge in [-0.2, -0.15) is 0 Å². The molecule has 110 valence electrons. The van der Waals surface area contributed by atoms with Crippen molar-refractivity contribution in [3.63, 3.8) is 0 Å². The van der Waals surface area contributed by atoms with E-state index in [-0.39, 0.29) is 11.9 Å². The van der Waals surface area contributed by atoms with Gasteiger partial charge in [-0.15, -0.1) is 0 Å². The van der Waals surface area contributed by atoms with E-state index in [1.54, 1.807) is 25.3 Å². The van der Waals surface area contributed by atoms with Crippen LogP contribution in [-0.2, 0) is 4.74 Å². The molecule has 1 aliphatic carbocycles. The zero-order valence-corrected chi connectivity index (χ0v) is 12.3. The Kier molecular flexibility index (Phi) is 5.01. The Morgan fingerprint density at radius 2 is 1.85 bits per heavy atom. The fraction of sp³-hybridized carbons (Fsp3) is 0.562. The van der Waals surface area contributed by atoms with Crippen LogP contribution in [0.4, 0.5) is 0 Å². The smallest absolute Gasteiger partial charge is 0.191 e. The van der Waals surface area contributed by atoms with Crippen molar-refractivity contribution in [2.24, 2.45) is 5.92 Å². The topological polar surface area (TPSA) is 44.8 Å². The summed E-state index contributed by atoms with van der Waals surface area (Å²) >= 11 is 0. The summed E-state index contributed by atoms with van der Waals surface area (Å²) in [5, 5.41) is 0. The first-order valence-corrected chi connectivity index (χ1v) is 7.17. The monoisotopic (exact) mass is 278 g/mol. The van der Waals surface area contributed by atoms with Crippen LogP contribution < -0.4 is 9.47 Å². The van der Waals surface area contributed by atoms with Gasteiger partial charge in [-0.3, -0.25) is 4.79 Å². The van der Waals surface area contributed by atoms with Gasteiger partial charge in [0.25, 0.3) is 0 Å². The molecule has 4 nitrogen and oxygen atoms in total. The maximum atomic E-state index is 12.5. The van der Waals surface area contributed by atoms with Crippen molar-refractivity contribution in [1.82, 2.24) is 0 Å². The zero-order valence-electron chi connectivity index (χ0n) is 12.3. The lowest BCUT2D eigenvalue weighted by Crippen LogP contribution is -2.25. The molecule has 0 bridgehead atoms. The number of rotatable bonds is 8. The largest absolute Gasteiger partial charge is 0.490 e. The molecule has 0 aromatic heterocycles. The third-order valence-corrected chi connectivity index (χ3v) is 3.39. The maximum Gasteiger partial charge on any atom is 0.191 e. The molecule has 0 aliphatic heterocycles. The number of Topliss-reactive ketones (excluding diaryl/α,β-unsaturated/α-hetero) is 1. The SMILES string of the molecule is CCOc1ccc(C(=O)C(OC)C2CC2)cc1OCC. The molecule has 4 heteroatoms. The summed E-state index contributed by atoms with van der Waals surface area (Å²) in [4.78, 5) is 12.5. The summed E-state index contributed by atoms with van der Waals surface area (Å²) in [6.45, 7) is 4.93. The summed E-state index contributed by atoms with van der Waals surface area (Å²) in [6, 6.07) is 5.33. The Bertz CT molecular complexity index is 466. The third-order valence-electron chi connectivity index (χ3n) is 3.39. The van der Waals surface area contributed by atoms with E-state index >= 15 is 0 Å². The first-order chi connectivity index (χ1) is 9.71. The summed E-state index contributed by atoms with van der Waals surface area (Å²) in [7, 11) is 1.60. The number of ketones is 1. The number of carbonyl (C=O) groups excluding carboxylic acids is 1. The normalized spacial score (nSPS) is 15.8. The van der Waals surface area contributed by atoms with Gasteiger partial charge >= 0.3 is 0 Å². The Balaban J connectivity index is 2.22. The highest BCUT2D eigenvalue weighted by Gasteiger charge is 2.36. The highest BCUT2D eigenvalue weighted by atomic mass is 16.5. The molecule has 0 spiro atoms. The van der Waals surface area contributed by atoms with E-state index in [0.29, 0.717) is 36.2 Å². The minimum absolute atomic E-state index is 0.0269. The number of ether oxygens (including phenoxy) is 3. The molecular formula is C16H22O4. The second-order valence-corrected chi connectivity index (χ2v) is 4.89. The van der Waals surface area contributed by atoms with Crippen molar-refractivity contribution in [2.45, 2.75) is 32.8 Å². The van der Waals surface area contributed by atoms with E-state index in [9.17, 15) is 4.79 Å². The van der Waals surface area contributed by atoms with Gasteiger partial charge < -0.3 is 14.2 Å². The van der Waals surface area contributed by atoms with Crippen molar-refractivity contribution in [1.29, 1.82) is 0 Å². The number of carbonyl (C=O) groups is 1. The lowest BCUT2D eigenvalue weighted by molar-refractivity contribution is 0.0539. The number of hydrogen-bond acceptors (Lipinski definition) is 4. The molecular weight excluding hydrogens is 256 g/mol. The van der Waals surface area contributed by atoms with E-state index in [4.69, 9.17) is 14.2 Å². The van der Waals surface area contributed by atoms with Gasteiger partial charge in [-0.25, -0.2) is 0 Å². The van der Waals surface area contributed by atoms with Gasteiger partial charge in [0, 0.05) is 12.7 Å². The van der Waals surface area contributed by atoms with Gasteiger partial charge in [-0.05, 0) is 50.8 Å². The van der Waals surface area contributed by atoms with Crippen LogP contribution in [0.2, 0.25) is 0 Å². The fourth-order valence-corrected chi connectivity index (χ4v) is 2.28. The van der Waals surface area contributed by atoms with Crippen LogP contribution in [0.1, 0.15) is 37.0 Å². The molecule has 1 atom stereocenters. The van der Waals surface area contributed by atoms with E-state index in [1.165, 1.54) is 0 Å². The van der Waals surface area contributed by atoms with Crippen LogP contribution in [0.3, 0.4) is 0 Å². The van der Waals surface area contributed by atoms with Gasteiger partial charge in [0.1, 0.15) is 6.10 Å². The first kappa shape index (κ1) is 14.9. The Labute approximate surface area is 120 Å². The lowest BCUT2D eigenvalue weighted by Gasteiger charge is -2.15. The summed E-state index contributed by atoms with van der Waals surface area (Å²) in [5.41, 5.74) is 0.621. The third kappa shape index (κ3) is 3.31. The molecule has 20 heavy (non-hydrogen) atoms. The second kappa shape index (κ2) is 6.75. The van der Waals surface area contributed by atoms with Crippen LogP contribution in [0, 0.1) is 5.92 Å². The maximum absolute atomic E-state index is 12.5. The molecule has 1 unspecified atom stereocenters. The van der Waals surface area contributed by atoms with Gasteiger partial charge in [-0.1, -0.05) is 0 Å². The first-order valence-electron chi connectivity index (χ1n) is 7.17. The zero-order chi connectivity index (χ0) is 14.5. The average molecular weight is 278 g/mol. The molecule has 1 aliphatic rings.